The number of methoxy groups -OCH3 is 1. The van der Waals surface area contributed by atoms with Crippen LogP contribution in [0.15, 0.2) is 47.5 Å². The summed E-state index contributed by atoms with van der Waals surface area (Å²) in [6, 6.07) is 14.7. The number of ether oxygens (including phenoxy) is 2. The number of nitrogens with two attached hydrogens (primary N) is 2. The predicted octanol–water partition coefficient (Wildman–Crippen LogP) is 2.96. The molecule has 0 aliphatic carbocycles. The third kappa shape index (κ3) is 4.20. The van der Waals surface area contributed by atoms with Crippen LogP contribution < -0.4 is 31.6 Å². The van der Waals surface area contributed by atoms with E-state index in [1.54, 1.807) is 19.2 Å². The van der Waals surface area contributed by atoms with E-state index in [9.17, 15) is 5.26 Å². The van der Waals surface area contributed by atoms with Crippen molar-refractivity contribution < 1.29 is 9.47 Å². The van der Waals surface area contributed by atoms with E-state index in [2.05, 4.69) is 20.6 Å². The monoisotopic (exact) mass is 454 g/mol. The van der Waals surface area contributed by atoms with Crippen molar-refractivity contribution in [1.82, 2.24) is 10.3 Å². The Morgan fingerprint density at radius 1 is 1.15 bits per heavy atom. The highest BCUT2D eigenvalue weighted by atomic mass is 16.5. The van der Waals surface area contributed by atoms with Gasteiger partial charge in [-0.1, -0.05) is 35.9 Å². The molecule has 10 heteroatoms. The van der Waals surface area contributed by atoms with Gasteiger partial charge in [-0.25, -0.2) is 9.98 Å². The van der Waals surface area contributed by atoms with Crippen molar-refractivity contribution in [2.45, 2.75) is 19.6 Å². The Bertz CT molecular complexity index is 1370. The van der Waals surface area contributed by atoms with Gasteiger partial charge in [0.25, 0.3) is 0 Å². The molecule has 1 atom stereocenters. The SMILES string of the molecule is COc1ccc(C2N=C(NC#N)Nc3nc(N)c(C#N)c(N)c32)cc1OCc1cccc(C)c1. The quantitative estimate of drug-likeness (QED) is 0.334. The van der Waals surface area contributed by atoms with Crippen molar-refractivity contribution in [2.75, 3.05) is 23.9 Å². The zero-order valence-corrected chi connectivity index (χ0v) is 18.6. The van der Waals surface area contributed by atoms with Gasteiger partial charge >= 0.3 is 0 Å². The Kier molecular flexibility index (Phi) is 6.06. The number of guanidine groups is 1. The Morgan fingerprint density at radius 2 is 1.97 bits per heavy atom. The van der Waals surface area contributed by atoms with Crippen LogP contribution in [-0.2, 0) is 6.61 Å². The maximum absolute atomic E-state index is 9.51. The molecule has 0 spiro atoms. The fourth-order valence-electron chi connectivity index (χ4n) is 3.76. The van der Waals surface area contributed by atoms with Crippen LogP contribution in [0.1, 0.15) is 33.9 Å². The number of benzene rings is 2. The van der Waals surface area contributed by atoms with E-state index in [1.165, 1.54) is 0 Å². The number of pyridine rings is 1. The van der Waals surface area contributed by atoms with E-state index in [4.69, 9.17) is 26.2 Å². The van der Waals surface area contributed by atoms with Crippen LogP contribution in [0.2, 0.25) is 0 Å². The number of hydrogen-bond acceptors (Lipinski definition) is 10. The Balaban J connectivity index is 1.78. The fourth-order valence-corrected chi connectivity index (χ4v) is 3.76. The smallest absolute Gasteiger partial charge is 0.211 e. The first-order chi connectivity index (χ1) is 16.4. The summed E-state index contributed by atoms with van der Waals surface area (Å²) in [5, 5.41) is 24.0. The zero-order valence-electron chi connectivity index (χ0n) is 18.6. The summed E-state index contributed by atoms with van der Waals surface area (Å²) >= 11 is 0. The molecule has 0 radical (unpaired) electrons. The van der Waals surface area contributed by atoms with Gasteiger partial charge in [0.05, 0.1) is 12.8 Å². The first-order valence-corrected chi connectivity index (χ1v) is 10.3. The summed E-state index contributed by atoms with van der Waals surface area (Å²) in [5.41, 5.74) is 15.8. The molecule has 170 valence electrons. The molecule has 34 heavy (non-hydrogen) atoms. The molecule has 0 saturated heterocycles. The summed E-state index contributed by atoms with van der Waals surface area (Å²) in [6.07, 6.45) is 1.83. The van der Waals surface area contributed by atoms with Crippen molar-refractivity contribution in [3.8, 4) is 23.8 Å². The van der Waals surface area contributed by atoms with Gasteiger partial charge in [-0.15, -0.1) is 0 Å². The lowest BCUT2D eigenvalue weighted by Gasteiger charge is -2.26. The van der Waals surface area contributed by atoms with E-state index in [0.717, 1.165) is 11.1 Å². The van der Waals surface area contributed by atoms with Crippen LogP contribution in [0.4, 0.5) is 17.3 Å². The standard InChI is InChI=1S/C24H22N8O2/c1-13-4-3-5-14(8-13)11-34-18-9-15(6-7-17(18)33-2)21-19-20(27)16(10-25)22(28)31-23(19)32-24(30-21)29-12-26/h3-9,21H,11H2,1-2H3,(H6,27,28,29,30,31,32). The van der Waals surface area contributed by atoms with Crippen LogP contribution in [-0.4, -0.2) is 18.1 Å². The average molecular weight is 454 g/mol. The molecule has 3 aromatic rings. The van der Waals surface area contributed by atoms with Crippen molar-refractivity contribution >= 4 is 23.3 Å². The van der Waals surface area contributed by atoms with E-state index in [0.29, 0.717) is 35.1 Å². The van der Waals surface area contributed by atoms with Crippen LogP contribution in [0, 0.1) is 29.7 Å². The minimum atomic E-state index is -0.681. The van der Waals surface area contributed by atoms with Crippen LogP contribution in [0.5, 0.6) is 11.5 Å². The highest BCUT2D eigenvalue weighted by molar-refractivity contribution is 5.98. The molecule has 0 bridgehead atoms. The minimum absolute atomic E-state index is 0.0138. The van der Waals surface area contributed by atoms with Crippen molar-refractivity contribution in [3.63, 3.8) is 0 Å². The van der Waals surface area contributed by atoms with E-state index >= 15 is 0 Å². The summed E-state index contributed by atoms with van der Waals surface area (Å²) in [5.74, 6) is 1.53. The highest BCUT2D eigenvalue weighted by Crippen LogP contribution is 2.42. The summed E-state index contributed by atoms with van der Waals surface area (Å²) in [7, 11) is 1.56. The summed E-state index contributed by atoms with van der Waals surface area (Å²) < 4.78 is 11.6. The van der Waals surface area contributed by atoms with Gasteiger partial charge in [0, 0.05) is 5.56 Å². The molecular weight excluding hydrogens is 432 g/mol. The Hall–Kier alpha value is -4.96. The lowest BCUT2D eigenvalue weighted by Crippen LogP contribution is -2.32. The number of anilines is 3. The van der Waals surface area contributed by atoms with Crippen molar-refractivity contribution in [3.05, 3.63) is 70.3 Å². The molecule has 1 aromatic heterocycles. The maximum Gasteiger partial charge on any atom is 0.211 e. The molecule has 1 aliphatic heterocycles. The van der Waals surface area contributed by atoms with E-state index in [-0.39, 0.29) is 23.0 Å². The number of nitrogen functional groups attached to an aromatic ring is 2. The van der Waals surface area contributed by atoms with Gasteiger partial charge < -0.3 is 26.3 Å². The normalized spacial score (nSPS) is 14.0. The number of rotatable bonds is 5. The molecular formula is C24H22N8O2. The number of nitrogens with one attached hydrogen (secondary N) is 2. The molecule has 2 heterocycles. The second kappa shape index (κ2) is 9.27. The molecule has 10 nitrogen and oxygen atoms in total. The Labute approximate surface area is 196 Å². The molecule has 0 saturated carbocycles. The van der Waals surface area contributed by atoms with Crippen LogP contribution in [0.25, 0.3) is 0 Å². The third-order valence-corrected chi connectivity index (χ3v) is 5.34. The lowest BCUT2D eigenvalue weighted by atomic mass is 9.95. The van der Waals surface area contributed by atoms with Crippen molar-refractivity contribution in [2.24, 2.45) is 4.99 Å². The maximum atomic E-state index is 9.51. The van der Waals surface area contributed by atoms with Crippen molar-refractivity contribution in [1.29, 1.82) is 10.5 Å². The number of nitrogens with zero attached hydrogens (tertiary/aromatic N) is 4. The topological polar surface area (TPSA) is 167 Å². The number of aromatic nitrogens is 1. The molecule has 2 aromatic carbocycles. The molecule has 6 N–H and O–H groups in total. The minimum Gasteiger partial charge on any atom is -0.493 e. The van der Waals surface area contributed by atoms with Gasteiger partial charge in [0.15, 0.2) is 17.7 Å². The predicted molar refractivity (Wildman–Crippen MR) is 128 cm³/mol. The first-order valence-electron chi connectivity index (χ1n) is 10.3. The molecule has 0 fully saturated rings. The molecule has 1 unspecified atom stereocenters. The first kappa shape index (κ1) is 22.2. The third-order valence-electron chi connectivity index (χ3n) is 5.34. The lowest BCUT2D eigenvalue weighted by molar-refractivity contribution is 0.284. The molecule has 0 amide bonds. The van der Waals surface area contributed by atoms with Crippen LogP contribution >= 0.6 is 0 Å². The average Bonchev–Trinajstić information content (AvgIpc) is 2.82. The number of aryl methyl sites for hydroxylation is 1. The number of nitriles is 2. The van der Waals surface area contributed by atoms with Crippen LogP contribution in [0.3, 0.4) is 0 Å². The summed E-state index contributed by atoms with van der Waals surface area (Å²) in [6.45, 7) is 2.36. The molecule has 1 aliphatic rings. The van der Waals surface area contributed by atoms with E-state index < -0.39 is 6.04 Å². The number of hydrogen-bond donors (Lipinski definition) is 4. The fraction of sp³-hybridized carbons (Fsp3) is 0.167. The van der Waals surface area contributed by atoms with Gasteiger partial charge in [-0.2, -0.15) is 10.5 Å². The highest BCUT2D eigenvalue weighted by Gasteiger charge is 2.30. The summed E-state index contributed by atoms with van der Waals surface area (Å²) in [4.78, 5) is 8.85. The second-order valence-electron chi connectivity index (χ2n) is 7.59. The number of fused-ring (bicyclic) bond motifs is 1. The zero-order chi connectivity index (χ0) is 24.2. The van der Waals surface area contributed by atoms with Gasteiger partial charge in [0.1, 0.15) is 35.9 Å². The largest absolute Gasteiger partial charge is 0.493 e. The van der Waals surface area contributed by atoms with Gasteiger partial charge in [0.2, 0.25) is 5.96 Å². The number of aliphatic imine (C=N–C) groups is 1. The van der Waals surface area contributed by atoms with Gasteiger partial charge in [-0.05, 0) is 30.2 Å². The molecule has 4 rings (SSSR count). The second-order valence-corrected chi connectivity index (χ2v) is 7.59. The van der Waals surface area contributed by atoms with E-state index in [1.807, 2.05) is 49.5 Å². The van der Waals surface area contributed by atoms with Gasteiger partial charge in [-0.3, -0.25) is 5.32 Å². The Morgan fingerprint density at radius 3 is 2.68 bits per heavy atom.